The van der Waals surface area contributed by atoms with Gasteiger partial charge in [0.1, 0.15) is 5.75 Å². The van der Waals surface area contributed by atoms with Crippen LogP contribution in [0.4, 0.5) is 0 Å². The highest BCUT2D eigenvalue weighted by molar-refractivity contribution is 6.46. The van der Waals surface area contributed by atoms with Crippen LogP contribution in [0, 0.1) is 0 Å². The van der Waals surface area contributed by atoms with E-state index in [4.69, 9.17) is 16.3 Å². The van der Waals surface area contributed by atoms with Gasteiger partial charge in [-0.1, -0.05) is 41.6 Å². The van der Waals surface area contributed by atoms with Gasteiger partial charge in [-0.15, -0.1) is 0 Å². The first-order valence-corrected chi connectivity index (χ1v) is 11.3. The molecule has 1 fully saturated rings. The largest absolute Gasteiger partial charge is 0.872 e. The lowest BCUT2D eigenvalue weighted by Crippen LogP contribution is -3.11. The Bertz CT molecular complexity index is 999. The zero-order valence-electron chi connectivity index (χ0n) is 18.7. The Balaban J connectivity index is 2.02. The van der Waals surface area contributed by atoms with E-state index in [1.807, 2.05) is 0 Å². The Hall–Kier alpha value is -2.83. The zero-order valence-corrected chi connectivity index (χ0v) is 19.4. The Morgan fingerprint density at radius 2 is 1.81 bits per heavy atom. The number of quaternary nitrogens is 1. The number of nitrogens with zero attached hydrogens (tertiary/aromatic N) is 1. The van der Waals surface area contributed by atoms with Gasteiger partial charge in [-0.05, 0) is 49.2 Å². The molecule has 0 bridgehead atoms. The van der Waals surface area contributed by atoms with Crippen LogP contribution in [0.2, 0.25) is 5.02 Å². The number of carbonyl (C=O) groups excluding carboxylic acids is 2. The monoisotopic (exact) mass is 456 g/mol. The maximum Gasteiger partial charge on any atom is 0.295 e. The number of hydrogen-bond donors (Lipinski definition) is 1. The second kappa shape index (κ2) is 10.7. The molecule has 0 saturated carbocycles. The Labute approximate surface area is 194 Å². The number of ketones is 1. The van der Waals surface area contributed by atoms with E-state index in [9.17, 15) is 14.7 Å². The number of carbonyl (C=O) groups is 2. The summed E-state index contributed by atoms with van der Waals surface area (Å²) in [7, 11) is 1.54. The molecule has 1 N–H and O–H groups in total. The van der Waals surface area contributed by atoms with Crippen molar-refractivity contribution in [2.24, 2.45) is 0 Å². The lowest BCUT2D eigenvalue weighted by atomic mass is 9.95. The molecule has 170 valence electrons. The molecule has 1 saturated heterocycles. The molecule has 0 spiro atoms. The lowest BCUT2D eigenvalue weighted by Gasteiger charge is -2.28. The van der Waals surface area contributed by atoms with E-state index in [1.54, 1.807) is 48.5 Å². The van der Waals surface area contributed by atoms with Crippen LogP contribution in [0.1, 0.15) is 37.4 Å². The molecule has 1 aliphatic heterocycles. The average molecular weight is 457 g/mol. The molecular weight excluding hydrogens is 428 g/mol. The van der Waals surface area contributed by atoms with Gasteiger partial charge < -0.3 is 19.6 Å². The van der Waals surface area contributed by atoms with Gasteiger partial charge in [0.15, 0.2) is 0 Å². The van der Waals surface area contributed by atoms with Crippen LogP contribution >= 0.6 is 11.6 Å². The van der Waals surface area contributed by atoms with Gasteiger partial charge >= 0.3 is 0 Å². The highest BCUT2D eigenvalue weighted by Gasteiger charge is 2.44. The summed E-state index contributed by atoms with van der Waals surface area (Å²) in [4.78, 5) is 28.9. The van der Waals surface area contributed by atoms with Crippen LogP contribution < -0.4 is 14.7 Å². The van der Waals surface area contributed by atoms with Gasteiger partial charge in [-0.25, -0.2) is 0 Å². The summed E-state index contributed by atoms with van der Waals surface area (Å²) < 4.78 is 5.15. The second-order valence-corrected chi connectivity index (χ2v) is 8.25. The van der Waals surface area contributed by atoms with Crippen LogP contribution in [0.25, 0.3) is 5.76 Å². The smallest absolute Gasteiger partial charge is 0.295 e. The molecule has 1 atom stereocenters. The SMILES string of the molecule is CC[NH+](CC)CCCN1C(=O)C(=O)C(=C([O-])c2ccc(OC)cc2)C1c1cccc(Cl)c1. The van der Waals surface area contributed by atoms with Gasteiger partial charge in [0, 0.05) is 23.6 Å². The van der Waals surface area contributed by atoms with E-state index in [1.165, 1.54) is 16.9 Å². The summed E-state index contributed by atoms with van der Waals surface area (Å²) >= 11 is 6.21. The van der Waals surface area contributed by atoms with E-state index in [0.29, 0.717) is 28.4 Å². The van der Waals surface area contributed by atoms with E-state index in [-0.39, 0.29) is 5.57 Å². The number of ether oxygens (including phenoxy) is 1. The van der Waals surface area contributed by atoms with E-state index >= 15 is 0 Å². The van der Waals surface area contributed by atoms with Gasteiger partial charge in [0.05, 0.1) is 32.8 Å². The normalized spacial score (nSPS) is 17.9. The van der Waals surface area contributed by atoms with Crippen LogP contribution in [0.3, 0.4) is 0 Å². The predicted octanol–water partition coefficient (Wildman–Crippen LogP) is 1.89. The molecule has 1 amide bonds. The molecule has 0 aromatic heterocycles. The minimum absolute atomic E-state index is 0.0300. The van der Waals surface area contributed by atoms with Crippen molar-refractivity contribution >= 4 is 29.1 Å². The molecule has 7 heteroatoms. The minimum atomic E-state index is -0.755. The number of halogens is 1. The number of methoxy groups -OCH3 is 1. The van der Waals surface area contributed by atoms with Gasteiger partial charge in [0.25, 0.3) is 5.91 Å². The lowest BCUT2D eigenvalue weighted by molar-refractivity contribution is -0.896. The number of rotatable bonds is 9. The fraction of sp³-hybridized carbons (Fsp3) is 0.360. The second-order valence-electron chi connectivity index (χ2n) is 7.82. The highest BCUT2D eigenvalue weighted by Crippen LogP contribution is 2.39. The summed E-state index contributed by atoms with van der Waals surface area (Å²) in [6.07, 6.45) is 0.733. The standard InChI is InChI=1S/C25H29ClN2O4/c1-4-27(5-2)14-7-15-28-22(18-8-6-9-19(26)16-18)21(24(30)25(28)31)23(29)17-10-12-20(32-3)13-11-17/h6,8-13,16,22,29H,4-5,7,14-15H2,1-3H3. The number of Topliss-reactive ketones (excluding diaryl/α,β-unsaturated/α-hetero) is 1. The van der Waals surface area contributed by atoms with E-state index < -0.39 is 23.5 Å². The van der Waals surface area contributed by atoms with Crippen molar-refractivity contribution in [2.45, 2.75) is 26.3 Å². The molecule has 3 rings (SSSR count). The van der Waals surface area contributed by atoms with Crippen LogP contribution in [-0.2, 0) is 9.59 Å². The fourth-order valence-electron chi connectivity index (χ4n) is 4.12. The van der Waals surface area contributed by atoms with E-state index in [2.05, 4.69) is 13.8 Å². The Morgan fingerprint density at radius 1 is 1.12 bits per heavy atom. The third-order valence-electron chi connectivity index (χ3n) is 5.98. The van der Waals surface area contributed by atoms with Crippen LogP contribution in [0.15, 0.2) is 54.1 Å². The molecule has 1 heterocycles. The summed E-state index contributed by atoms with van der Waals surface area (Å²) in [6.45, 7) is 7.51. The number of likely N-dealkylation sites (tertiary alicyclic amines) is 1. The van der Waals surface area contributed by atoms with Gasteiger partial charge in [0.2, 0.25) is 5.78 Å². The Morgan fingerprint density at radius 3 is 2.41 bits per heavy atom. The molecule has 0 aliphatic carbocycles. The maximum atomic E-state index is 13.4. The predicted molar refractivity (Wildman–Crippen MR) is 122 cm³/mol. The zero-order chi connectivity index (χ0) is 23.3. The van der Waals surface area contributed by atoms with Crippen molar-refractivity contribution in [2.75, 3.05) is 33.3 Å². The first-order valence-electron chi connectivity index (χ1n) is 10.9. The van der Waals surface area contributed by atoms with Gasteiger partial charge in [-0.3, -0.25) is 9.59 Å². The molecule has 1 aliphatic rings. The molecule has 0 radical (unpaired) electrons. The molecule has 32 heavy (non-hydrogen) atoms. The highest BCUT2D eigenvalue weighted by atomic mass is 35.5. The summed E-state index contributed by atoms with van der Waals surface area (Å²) in [5.41, 5.74) is 0.963. The maximum absolute atomic E-state index is 13.4. The Kier molecular flexibility index (Phi) is 7.94. The minimum Gasteiger partial charge on any atom is -0.872 e. The third-order valence-corrected chi connectivity index (χ3v) is 6.21. The molecule has 6 nitrogen and oxygen atoms in total. The summed E-state index contributed by atoms with van der Waals surface area (Å²) in [6, 6.07) is 12.8. The average Bonchev–Trinajstić information content (AvgIpc) is 3.06. The van der Waals surface area contributed by atoms with Crippen LogP contribution in [0.5, 0.6) is 5.75 Å². The van der Waals surface area contributed by atoms with Crippen molar-refractivity contribution < 1.29 is 24.3 Å². The third kappa shape index (κ3) is 4.97. The quantitative estimate of drug-likeness (QED) is 0.355. The summed E-state index contributed by atoms with van der Waals surface area (Å²) in [5.74, 6) is -1.23. The fourth-order valence-corrected chi connectivity index (χ4v) is 4.32. The number of nitrogens with one attached hydrogen (secondary N) is 1. The topological polar surface area (TPSA) is 74.1 Å². The summed E-state index contributed by atoms with van der Waals surface area (Å²) in [5, 5.41) is 13.9. The first kappa shape index (κ1) is 23.8. The van der Waals surface area contributed by atoms with E-state index in [0.717, 1.165) is 26.1 Å². The van der Waals surface area contributed by atoms with Crippen molar-refractivity contribution in [1.29, 1.82) is 0 Å². The van der Waals surface area contributed by atoms with Crippen molar-refractivity contribution in [3.05, 3.63) is 70.3 Å². The number of hydrogen-bond acceptors (Lipinski definition) is 4. The molecule has 2 aromatic rings. The molecular formula is C25H29ClN2O4. The molecule has 1 unspecified atom stereocenters. The number of benzene rings is 2. The van der Waals surface area contributed by atoms with Crippen molar-refractivity contribution in [1.82, 2.24) is 4.90 Å². The van der Waals surface area contributed by atoms with Crippen LogP contribution in [-0.4, -0.2) is 49.9 Å². The molecule has 2 aromatic carbocycles. The number of amides is 1. The van der Waals surface area contributed by atoms with Gasteiger partial charge in [-0.2, -0.15) is 0 Å². The van der Waals surface area contributed by atoms with Crippen molar-refractivity contribution in [3.63, 3.8) is 0 Å². The van der Waals surface area contributed by atoms with Crippen molar-refractivity contribution in [3.8, 4) is 5.75 Å². The first-order chi connectivity index (χ1) is 15.4.